The first-order valence-electron chi connectivity index (χ1n) is 6.67. The summed E-state index contributed by atoms with van der Waals surface area (Å²) in [5, 5.41) is 0.582. The lowest BCUT2D eigenvalue weighted by Gasteiger charge is -2.11. The number of hydrogen-bond acceptors (Lipinski definition) is 3. The summed E-state index contributed by atoms with van der Waals surface area (Å²) < 4.78 is 1.56. The number of para-hydroxylation sites is 1. The number of fused-ring (bicyclic) bond motifs is 1. The van der Waals surface area contributed by atoms with E-state index in [9.17, 15) is 9.59 Å². The molecule has 0 N–H and O–H groups in total. The smallest absolute Gasteiger partial charge is 0.265 e. The van der Waals surface area contributed by atoms with Gasteiger partial charge in [0.05, 0.1) is 16.6 Å². The fourth-order valence-corrected chi connectivity index (χ4v) is 2.39. The Kier molecular flexibility index (Phi) is 3.14. The van der Waals surface area contributed by atoms with Crippen LogP contribution >= 0.6 is 0 Å². The van der Waals surface area contributed by atoms with Gasteiger partial charge in [0.2, 0.25) is 0 Å². The maximum atomic E-state index is 12.6. The number of aromatic nitrogens is 2. The second kappa shape index (κ2) is 4.98. The molecule has 0 aliphatic carbocycles. The van der Waals surface area contributed by atoms with Crippen LogP contribution in [0.25, 0.3) is 16.6 Å². The molecule has 0 aliphatic heterocycles. The number of rotatable bonds is 2. The van der Waals surface area contributed by atoms with Crippen molar-refractivity contribution in [1.29, 1.82) is 0 Å². The number of carbonyl (C=O) groups is 1. The third-order valence-electron chi connectivity index (χ3n) is 3.48. The summed E-state index contributed by atoms with van der Waals surface area (Å²) in [7, 11) is 0. The van der Waals surface area contributed by atoms with Crippen LogP contribution in [0.5, 0.6) is 0 Å². The predicted octanol–water partition coefficient (Wildman–Crippen LogP) is 2.90. The maximum absolute atomic E-state index is 12.6. The van der Waals surface area contributed by atoms with Crippen molar-refractivity contribution in [2.24, 2.45) is 0 Å². The van der Waals surface area contributed by atoms with Crippen molar-refractivity contribution in [2.45, 2.75) is 13.8 Å². The topological polar surface area (TPSA) is 52.0 Å². The monoisotopic (exact) mass is 278 g/mol. The first-order valence-corrected chi connectivity index (χ1v) is 6.67. The average Bonchev–Trinajstić information content (AvgIpc) is 2.48. The summed E-state index contributed by atoms with van der Waals surface area (Å²) in [6.45, 7) is 3.32. The van der Waals surface area contributed by atoms with Gasteiger partial charge in [0.25, 0.3) is 5.56 Å². The minimum atomic E-state index is -0.103. The quantitative estimate of drug-likeness (QED) is 0.677. The van der Waals surface area contributed by atoms with Crippen LogP contribution in [0.4, 0.5) is 0 Å². The molecule has 4 nitrogen and oxygen atoms in total. The largest absolute Gasteiger partial charge is 0.295 e. The molecule has 1 aromatic heterocycles. The van der Waals surface area contributed by atoms with Crippen LogP contribution in [0, 0.1) is 6.92 Å². The predicted molar refractivity (Wildman–Crippen MR) is 82.1 cm³/mol. The van der Waals surface area contributed by atoms with Gasteiger partial charge < -0.3 is 0 Å². The first-order chi connectivity index (χ1) is 10.1. The van der Waals surface area contributed by atoms with E-state index in [0.717, 1.165) is 0 Å². The van der Waals surface area contributed by atoms with Crippen molar-refractivity contribution >= 4 is 16.7 Å². The highest BCUT2D eigenvalue weighted by Crippen LogP contribution is 2.13. The van der Waals surface area contributed by atoms with Crippen molar-refractivity contribution in [1.82, 2.24) is 9.55 Å². The molecular weight excluding hydrogens is 264 g/mol. The van der Waals surface area contributed by atoms with Crippen molar-refractivity contribution < 1.29 is 4.79 Å². The fraction of sp³-hybridized carbons (Fsp3) is 0.118. The van der Waals surface area contributed by atoms with Gasteiger partial charge in [0.1, 0.15) is 5.82 Å². The van der Waals surface area contributed by atoms with E-state index in [2.05, 4.69) is 4.98 Å². The molecule has 0 saturated carbocycles. The zero-order valence-corrected chi connectivity index (χ0v) is 11.8. The Labute approximate surface area is 121 Å². The average molecular weight is 278 g/mol. The Morgan fingerprint density at radius 1 is 1.05 bits per heavy atom. The fourth-order valence-electron chi connectivity index (χ4n) is 2.39. The molecule has 0 aliphatic rings. The van der Waals surface area contributed by atoms with Crippen LogP contribution in [0.1, 0.15) is 23.1 Å². The highest BCUT2D eigenvalue weighted by Gasteiger charge is 2.09. The first kappa shape index (κ1) is 13.2. The van der Waals surface area contributed by atoms with Crippen LogP contribution in [-0.4, -0.2) is 15.3 Å². The SMILES string of the molecule is CC(=O)c1ccc(-n2c(C)nc3ccccc3c2=O)cc1. The third-order valence-corrected chi connectivity index (χ3v) is 3.48. The van der Waals surface area contributed by atoms with E-state index in [1.165, 1.54) is 6.92 Å². The van der Waals surface area contributed by atoms with Gasteiger partial charge in [0, 0.05) is 5.56 Å². The van der Waals surface area contributed by atoms with Gasteiger partial charge in [-0.1, -0.05) is 12.1 Å². The van der Waals surface area contributed by atoms with Crippen molar-refractivity contribution in [2.75, 3.05) is 0 Å². The van der Waals surface area contributed by atoms with E-state index >= 15 is 0 Å². The molecule has 0 unspecified atom stereocenters. The maximum Gasteiger partial charge on any atom is 0.265 e. The Balaban J connectivity index is 2.25. The molecule has 1 heterocycles. The Morgan fingerprint density at radius 2 is 1.71 bits per heavy atom. The van der Waals surface area contributed by atoms with Gasteiger partial charge in [-0.3, -0.25) is 14.2 Å². The minimum absolute atomic E-state index is 0.00209. The molecule has 104 valence electrons. The summed E-state index contributed by atoms with van der Waals surface area (Å²) in [5.41, 5.74) is 1.92. The van der Waals surface area contributed by atoms with Crippen LogP contribution in [-0.2, 0) is 0 Å². The number of aryl methyl sites for hydroxylation is 1. The van der Waals surface area contributed by atoms with E-state index in [1.54, 1.807) is 41.8 Å². The van der Waals surface area contributed by atoms with Gasteiger partial charge >= 0.3 is 0 Å². The number of Topliss-reactive ketones (excluding diaryl/α,β-unsaturated/α-hetero) is 1. The van der Waals surface area contributed by atoms with Crippen LogP contribution in [0.2, 0.25) is 0 Å². The Hall–Kier alpha value is -2.75. The molecule has 0 fully saturated rings. The van der Waals surface area contributed by atoms with Crippen LogP contribution in [0.15, 0.2) is 53.3 Å². The Bertz CT molecular complexity index is 893. The molecule has 0 spiro atoms. The molecular formula is C17H14N2O2. The van der Waals surface area contributed by atoms with Crippen LogP contribution < -0.4 is 5.56 Å². The van der Waals surface area contributed by atoms with E-state index in [0.29, 0.717) is 28.0 Å². The van der Waals surface area contributed by atoms with Gasteiger partial charge in [-0.25, -0.2) is 4.98 Å². The lowest BCUT2D eigenvalue weighted by atomic mass is 10.1. The van der Waals surface area contributed by atoms with Gasteiger partial charge in [-0.2, -0.15) is 0 Å². The lowest BCUT2D eigenvalue weighted by Crippen LogP contribution is -2.22. The highest BCUT2D eigenvalue weighted by molar-refractivity contribution is 5.94. The second-order valence-corrected chi connectivity index (χ2v) is 4.92. The van der Waals surface area contributed by atoms with Crippen LogP contribution in [0.3, 0.4) is 0 Å². The zero-order valence-electron chi connectivity index (χ0n) is 11.8. The van der Waals surface area contributed by atoms with Crippen molar-refractivity contribution in [3.8, 4) is 5.69 Å². The van der Waals surface area contributed by atoms with E-state index in [1.807, 2.05) is 18.2 Å². The van der Waals surface area contributed by atoms with E-state index < -0.39 is 0 Å². The molecule has 0 radical (unpaired) electrons. The summed E-state index contributed by atoms with van der Waals surface area (Å²) in [6.07, 6.45) is 0. The number of benzene rings is 2. The molecule has 4 heteroatoms. The summed E-state index contributed by atoms with van der Waals surface area (Å²) in [5.74, 6) is 0.622. The lowest BCUT2D eigenvalue weighted by molar-refractivity contribution is 0.101. The number of ketones is 1. The standard InChI is InChI=1S/C17H14N2O2/c1-11(20)13-7-9-14(10-8-13)19-12(2)18-16-6-4-3-5-15(16)17(19)21/h3-10H,1-2H3. The molecule has 0 amide bonds. The van der Waals surface area contributed by atoms with Gasteiger partial charge in [0.15, 0.2) is 5.78 Å². The second-order valence-electron chi connectivity index (χ2n) is 4.92. The summed E-state index contributed by atoms with van der Waals surface area (Å²) >= 11 is 0. The number of nitrogens with zero attached hydrogens (tertiary/aromatic N) is 2. The summed E-state index contributed by atoms with van der Waals surface area (Å²) in [4.78, 5) is 28.4. The number of hydrogen-bond donors (Lipinski definition) is 0. The van der Waals surface area contributed by atoms with E-state index in [-0.39, 0.29) is 11.3 Å². The zero-order chi connectivity index (χ0) is 15.0. The third kappa shape index (κ3) is 2.25. The van der Waals surface area contributed by atoms with E-state index in [4.69, 9.17) is 0 Å². The van der Waals surface area contributed by atoms with Gasteiger partial charge in [-0.15, -0.1) is 0 Å². The molecule has 2 aromatic carbocycles. The molecule has 21 heavy (non-hydrogen) atoms. The molecule has 0 atom stereocenters. The number of carbonyl (C=O) groups excluding carboxylic acids is 1. The molecule has 3 rings (SSSR count). The van der Waals surface area contributed by atoms with Crippen molar-refractivity contribution in [3.05, 3.63) is 70.3 Å². The molecule has 0 bridgehead atoms. The summed E-state index contributed by atoms with van der Waals surface area (Å²) in [6, 6.07) is 14.3. The molecule has 3 aromatic rings. The van der Waals surface area contributed by atoms with Crippen molar-refractivity contribution in [3.63, 3.8) is 0 Å². The van der Waals surface area contributed by atoms with Gasteiger partial charge in [-0.05, 0) is 50.2 Å². The molecule has 0 saturated heterocycles. The highest BCUT2D eigenvalue weighted by atomic mass is 16.1. The normalized spacial score (nSPS) is 10.8. The minimum Gasteiger partial charge on any atom is -0.295 e. The Morgan fingerprint density at radius 3 is 2.38 bits per heavy atom.